The van der Waals surface area contributed by atoms with Gasteiger partial charge in [-0.2, -0.15) is 5.26 Å². The van der Waals surface area contributed by atoms with Gasteiger partial charge in [0.05, 0.1) is 11.3 Å². The molecule has 1 N–H and O–H groups in total. The topological polar surface area (TPSA) is 56.1 Å². The Morgan fingerprint density at radius 3 is 2.18 bits per heavy atom. The van der Waals surface area contributed by atoms with Crippen molar-refractivity contribution in [2.24, 2.45) is 11.8 Å². The van der Waals surface area contributed by atoms with Crippen molar-refractivity contribution in [3.63, 3.8) is 0 Å². The summed E-state index contributed by atoms with van der Waals surface area (Å²) in [7, 11) is 0. The van der Waals surface area contributed by atoms with Crippen LogP contribution in [0.15, 0.2) is 24.3 Å². The van der Waals surface area contributed by atoms with E-state index in [2.05, 4.69) is 39.1 Å². The Labute approximate surface area is 134 Å². The number of carbonyl (C=O) groups excluding carboxylic acids is 1. The van der Waals surface area contributed by atoms with Gasteiger partial charge in [-0.05, 0) is 36.8 Å². The van der Waals surface area contributed by atoms with Crippen molar-refractivity contribution in [1.82, 2.24) is 4.90 Å². The highest BCUT2D eigenvalue weighted by atomic mass is 16.2. The van der Waals surface area contributed by atoms with E-state index in [1.54, 1.807) is 18.2 Å². The third-order valence-corrected chi connectivity index (χ3v) is 3.53. The van der Waals surface area contributed by atoms with Crippen LogP contribution in [0.2, 0.25) is 0 Å². The van der Waals surface area contributed by atoms with Gasteiger partial charge in [0.1, 0.15) is 6.07 Å². The van der Waals surface area contributed by atoms with Crippen LogP contribution in [0.3, 0.4) is 0 Å². The van der Waals surface area contributed by atoms with E-state index in [0.29, 0.717) is 23.1 Å². The van der Waals surface area contributed by atoms with Gasteiger partial charge >= 0.3 is 6.03 Å². The van der Waals surface area contributed by atoms with Crippen LogP contribution < -0.4 is 5.32 Å². The maximum atomic E-state index is 12.5. The van der Waals surface area contributed by atoms with Crippen LogP contribution in [-0.4, -0.2) is 24.0 Å². The number of amides is 2. The summed E-state index contributed by atoms with van der Waals surface area (Å²) >= 11 is 0. The molecule has 0 saturated heterocycles. The van der Waals surface area contributed by atoms with Gasteiger partial charge in [-0.1, -0.05) is 39.8 Å². The minimum atomic E-state index is -0.121. The lowest BCUT2D eigenvalue weighted by molar-refractivity contribution is 0.205. The molecule has 22 heavy (non-hydrogen) atoms. The summed E-state index contributed by atoms with van der Waals surface area (Å²) in [6.45, 7) is 10.1. The highest BCUT2D eigenvalue weighted by Crippen LogP contribution is 2.15. The van der Waals surface area contributed by atoms with Gasteiger partial charge in [0.25, 0.3) is 0 Å². The first kappa shape index (κ1) is 18.0. The van der Waals surface area contributed by atoms with Crippen LogP contribution >= 0.6 is 0 Å². The van der Waals surface area contributed by atoms with Crippen molar-refractivity contribution >= 4 is 11.7 Å². The van der Waals surface area contributed by atoms with Gasteiger partial charge in [0, 0.05) is 13.1 Å². The fourth-order valence-corrected chi connectivity index (χ4v) is 2.03. The highest BCUT2D eigenvalue weighted by molar-refractivity contribution is 5.90. The molecule has 4 nitrogen and oxygen atoms in total. The normalized spacial score (nSPS) is 10.6. The summed E-state index contributed by atoms with van der Waals surface area (Å²) in [6, 6.07) is 9.08. The predicted octanol–water partition coefficient (Wildman–Crippen LogP) is 4.48. The lowest BCUT2D eigenvalue weighted by atomic mass is 10.1. The minimum Gasteiger partial charge on any atom is -0.325 e. The number of carbonyl (C=O) groups is 1. The molecule has 4 heteroatoms. The summed E-state index contributed by atoms with van der Waals surface area (Å²) in [5, 5.41) is 12.0. The monoisotopic (exact) mass is 301 g/mol. The third-order valence-electron chi connectivity index (χ3n) is 3.53. The SMILES string of the molecule is CC(C)CCN(CCC(C)C)C(=O)Nc1ccccc1C#N. The van der Waals surface area contributed by atoms with Crippen LogP contribution in [0.1, 0.15) is 46.1 Å². The van der Waals surface area contributed by atoms with Crippen molar-refractivity contribution < 1.29 is 4.79 Å². The molecule has 0 spiro atoms. The minimum absolute atomic E-state index is 0.121. The fourth-order valence-electron chi connectivity index (χ4n) is 2.03. The number of anilines is 1. The van der Waals surface area contributed by atoms with Crippen LogP contribution in [0, 0.1) is 23.2 Å². The number of benzene rings is 1. The smallest absolute Gasteiger partial charge is 0.321 e. The van der Waals surface area contributed by atoms with E-state index in [4.69, 9.17) is 5.26 Å². The van der Waals surface area contributed by atoms with E-state index in [-0.39, 0.29) is 6.03 Å². The molecular formula is C18H27N3O. The molecule has 0 aliphatic heterocycles. The first-order valence-electron chi connectivity index (χ1n) is 7.99. The summed E-state index contributed by atoms with van der Waals surface area (Å²) in [5.41, 5.74) is 1.07. The van der Waals surface area contributed by atoms with Gasteiger partial charge in [0.2, 0.25) is 0 Å². The molecule has 0 heterocycles. The second-order valence-electron chi connectivity index (χ2n) is 6.44. The Morgan fingerprint density at radius 1 is 1.14 bits per heavy atom. The second-order valence-corrected chi connectivity index (χ2v) is 6.44. The zero-order valence-corrected chi connectivity index (χ0v) is 14.1. The molecule has 0 fully saturated rings. The van der Waals surface area contributed by atoms with Crippen LogP contribution in [0.25, 0.3) is 0 Å². The van der Waals surface area contributed by atoms with Gasteiger partial charge in [0.15, 0.2) is 0 Å². The zero-order valence-electron chi connectivity index (χ0n) is 14.1. The molecule has 2 amide bonds. The zero-order chi connectivity index (χ0) is 16.5. The van der Waals surface area contributed by atoms with Gasteiger partial charge in [-0.3, -0.25) is 0 Å². The number of hydrogen-bond acceptors (Lipinski definition) is 2. The first-order valence-corrected chi connectivity index (χ1v) is 7.99. The standard InChI is InChI=1S/C18H27N3O/c1-14(2)9-11-21(12-10-15(3)4)18(22)20-17-8-6-5-7-16(17)13-19/h5-8,14-15H,9-12H2,1-4H3,(H,20,22). The summed E-state index contributed by atoms with van der Waals surface area (Å²) < 4.78 is 0. The highest BCUT2D eigenvalue weighted by Gasteiger charge is 2.15. The molecule has 0 unspecified atom stereocenters. The molecule has 0 radical (unpaired) electrons. The molecule has 0 aliphatic carbocycles. The number of nitrogens with zero attached hydrogens (tertiary/aromatic N) is 2. The number of nitriles is 1. The molecule has 0 saturated carbocycles. The molecule has 0 bridgehead atoms. The molecular weight excluding hydrogens is 274 g/mol. The lowest BCUT2D eigenvalue weighted by Gasteiger charge is -2.25. The maximum Gasteiger partial charge on any atom is 0.321 e. The van der Waals surface area contributed by atoms with E-state index in [1.165, 1.54) is 0 Å². The van der Waals surface area contributed by atoms with E-state index in [1.807, 2.05) is 11.0 Å². The molecule has 0 aromatic heterocycles. The summed E-state index contributed by atoms with van der Waals surface area (Å²) in [5.74, 6) is 1.11. The average Bonchev–Trinajstić information content (AvgIpc) is 2.47. The van der Waals surface area contributed by atoms with Crippen LogP contribution in [-0.2, 0) is 0 Å². The Bertz CT molecular complexity index is 505. The number of nitrogens with one attached hydrogen (secondary N) is 1. The van der Waals surface area contributed by atoms with Crippen LogP contribution in [0.4, 0.5) is 10.5 Å². The van der Waals surface area contributed by atoms with Gasteiger partial charge < -0.3 is 10.2 Å². The lowest BCUT2D eigenvalue weighted by Crippen LogP contribution is -2.37. The van der Waals surface area contributed by atoms with E-state index in [0.717, 1.165) is 25.9 Å². The van der Waals surface area contributed by atoms with Crippen LogP contribution in [0.5, 0.6) is 0 Å². The molecule has 0 atom stereocenters. The number of rotatable bonds is 7. The Kier molecular flexibility index (Phi) is 7.45. The van der Waals surface area contributed by atoms with Gasteiger partial charge in [-0.25, -0.2) is 4.79 Å². The summed E-state index contributed by atoms with van der Waals surface area (Å²) in [4.78, 5) is 14.4. The largest absolute Gasteiger partial charge is 0.325 e. The first-order chi connectivity index (χ1) is 10.4. The average molecular weight is 301 g/mol. The molecule has 120 valence electrons. The second kappa shape index (κ2) is 9.09. The van der Waals surface area contributed by atoms with E-state index >= 15 is 0 Å². The van der Waals surface area contributed by atoms with Crippen molar-refractivity contribution in [2.45, 2.75) is 40.5 Å². The Balaban J connectivity index is 2.75. The third kappa shape index (κ3) is 6.17. The molecule has 1 rings (SSSR count). The number of hydrogen-bond donors (Lipinski definition) is 1. The van der Waals surface area contributed by atoms with E-state index < -0.39 is 0 Å². The van der Waals surface area contributed by atoms with Gasteiger partial charge in [-0.15, -0.1) is 0 Å². The molecule has 0 aliphatic rings. The quantitative estimate of drug-likeness (QED) is 0.807. The molecule has 1 aromatic rings. The van der Waals surface area contributed by atoms with Crippen molar-refractivity contribution in [3.05, 3.63) is 29.8 Å². The molecule has 1 aromatic carbocycles. The van der Waals surface area contributed by atoms with E-state index in [9.17, 15) is 4.79 Å². The summed E-state index contributed by atoms with van der Waals surface area (Å²) in [6.07, 6.45) is 1.96. The predicted molar refractivity (Wildman–Crippen MR) is 90.7 cm³/mol. The maximum absolute atomic E-state index is 12.5. The Hall–Kier alpha value is -2.02. The fraction of sp³-hybridized carbons (Fsp3) is 0.556. The number of urea groups is 1. The van der Waals surface area contributed by atoms with Crippen molar-refractivity contribution in [1.29, 1.82) is 5.26 Å². The van der Waals surface area contributed by atoms with Crippen molar-refractivity contribution in [2.75, 3.05) is 18.4 Å². The number of para-hydroxylation sites is 1. The van der Waals surface area contributed by atoms with Crippen molar-refractivity contribution in [3.8, 4) is 6.07 Å². The Morgan fingerprint density at radius 2 is 1.68 bits per heavy atom.